The number of carbonyl (C=O) groups excluding carboxylic acids is 2. The molecule has 0 saturated carbocycles. The van der Waals surface area contributed by atoms with Gasteiger partial charge in [0.1, 0.15) is 5.82 Å². The number of hydrazine groups is 1. The molecule has 8 nitrogen and oxygen atoms in total. The van der Waals surface area contributed by atoms with Crippen LogP contribution in [0, 0.1) is 5.82 Å². The summed E-state index contributed by atoms with van der Waals surface area (Å²) in [4.78, 5) is 24.2. The maximum atomic E-state index is 13.6. The van der Waals surface area contributed by atoms with E-state index in [1.807, 2.05) is 0 Å². The van der Waals surface area contributed by atoms with Gasteiger partial charge in [-0.15, -0.1) is 0 Å². The largest absolute Gasteiger partial charge is 0.379 e. The number of amides is 2. The lowest BCUT2D eigenvalue weighted by Gasteiger charge is -2.26. The molecule has 0 aliphatic carbocycles. The maximum absolute atomic E-state index is 13.6. The lowest BCUT2D eigenvalue weighted by atomic mass is 10.2. The van der Waals surface area contributed by atoms with E-state index >= 15 is 0 Å². The second-order valence-corrected chi connectivity index (χ2v) is 7.87. The van der Waals surface area contributed by atoms with Crippen LogP contribution < -0.4 is 10.9 Å². The van der Waals surface area contributed by atoms with Crippen molar-refractivity contribution in [3.05, 3.63) is 65.5 Å². The number of ether oxygens (including phenoxy) is 1. The van der Waals surface area contributed by atoms with Crippen LogP contribution >= 0.6 is 0 Å². The fourth-order valence-corrected chi connectivity index (χ4v) is 4.09. The molecule has 2 aromatic rings. The normalized spacial score (nSPS) is 15.0. The SMILES string of the molecule is O=C(NNC(=O)c1ccccc1F)c1cccc(S(=O)(=O)N2CCOCC2)c1. The number of hydrogen-bond acceptors (Lipinski definition) is 5. The fraction of sp³-hybridized carbons (Fsp3) is 0.222. The Hall–Kier alpha value is -2.82. The minimum absolute atomic E-state index is 0.0307. The predicted octanol–water partition coefficient (Wildman–Crippen LogP) is 0.921. The number of rotatable bonds is 4. The molecule has 0 spiro atoms. The summed E-state index contributed by atoms with van der Waals surface area (Å²) >= 11 is 0. The average molecular weight is 407 g/mol. The Labute approximate surface area is 161 Å². The zero-order valence-electron chi connectivity index (χ0n) is 14.7. The van der Waals surface area contributed by atoms with E-state index in [2.05, 4.69) is 10.9 Å². The molecule has 0 atom stereocenters. The molecule has 28 heavy (non-hydrogen) atoms. The number of halogens is 1. The van der Waals surface area contributed by atoms with E-state index in [0.29, 0.717) is 13.2 Å². The Bertz CT molecular complexity index is 990. The summed E-state index contributed by atoms with van der Waals surface area (Å²) in [5.41, 5.74) is 4.05. The first-order valence-corrected chi connectivity index (χ1v) is 9.87. The third kappa shape index (κ3) is 4.35. The van der Waals surface area contributed by atoms with Crippen LogP contribution in [0.25, 0.3) is 0 Å². The van der Waals surface area contributed by atoms with Crippen molar-refractivity contribution in [3.63, 3.8) is 0 Å². The fourth-order valence-electron chi connectivity index (χ4n) is 2.63. The highest BCUT2D eigenvalue weighted by Crippen LogP contribution is 2.18. The lowest BCUT2D eigenvalue weighted by molar-refractivity contribution is 0.0730. The van der Waals surface area contributed by atoms with Gasteiger partial charge in [-0.2, -0.15) is 4.31 Å². The van der Waals surface area contributed by atoms with Crippen molar-refractivity contribution in [2.24, 2.45) is 0 Å². The van der Waals surface area contributed by atoms with E-state index in [1.165, 1.54) is 46.8 Å². The summed E-state index contributed by atoms with van der Waals surface area (Å²) in [7, 11) is -3.76. The number of benzene rings is 2. The zero-order valence-corrected chi connectivity index (χ0v) is 15.5. The first-order chi connectivity index (χ1) is 13.4. The Morgan fingerprint density at radius 3 is 2.36 bits per heavy atom. The lowest BCUT2D eigenvalue weighted by Crippen LogP contribution is -2.42. The van der Waals surface area contributed by atoms with Gasteiger partial charge in [-0.1, -0.05) is 18.2 Å². The standard InChI is InChI=1S/C18H18FN3O5S/c19-16-7-2-1-6-15(16)18(24)21-20-17(23)13-4-3-5-14(12-13)28(25,26)22-8-10-27-11-9-22/h1-7,12H,8-11H2,(H,20,23)(H,21,24). The van der Waals surface area contributed by atoms with Gasteiger partial charge in [0.05, 0.1) is 23.7 Å². The van der Waals surface area contributed by atoms with Crippen LogP contribution in [0.5, 0.6) is 0 Å². The molecule has 0 aromatic heterocycles. The van der Waals surface area contributed by atoms with Gasteiger partial charge in [-0.3, -0.25) is 20.4 Å². The van der Waals surface area contributed by atoms with Gasteiger partial charge in [-0.25, -0.2) is 12.8 Å². The van der Waals surface area contributed by atoms with Crippen LogP contribution in [0.2, 0.25) is 0 Å². The van der Waals surface area contributed by atoms with Crippen LogP contribution in [-0.2, 0) is 14.8 Å². The monoisotopic (exact) mass is 407 g/mol. The quantitative estimate of drug-likeness (QED) is 0.734. The summed E-state index contributed by atoms with van der Waals surface area (Å²) in [6.45, 7) is 1.08. The molecule has 10 heteroatoms. The van der Waals surface area contributed by atoms with Gasteiger partial charge in [0.25, 0.3) is 11.8 Å². The number of morpholine rings is 1. The molecule has 1 fully saturated rings. The van der Waals surface area contributed by atoms with Gasteiger partial charge in [-0.05, 0) is 30.3 Å². The third-order valence-corrected chi connectivity index (χ3v) is 6.01. The van der Waals surface area contributed by atoms with Crippen molar-refractivity contribution in [2.45, 2.75) is 4.90 Å². The summed E-state index contributed by atoms with van der Waals surface area (Å²) in [6.07, 6.45) is 0. The second-order valence-electron chi connectivity index (χ2n) is 5.93. The summed E-state index contributed by atoms with van der Waals surface area (Å²) in [5, 5.41) is 0. The Balaban J connectivity index is 1.70. The molecule has 2 N–H and O–H groups in total. The smallest absolute Gasteiger partial charge is 0.272 e. The first kappa shape index (κ1) is 19.9. The molecule has 1 aliphatic rings. The van der Waals surface area contributed by atoms with Crippen molar-refractivity contribution in [1.82, 2.24) is 15.2 Å². The van der Waals surface area contributed by atoms with Crippen molar-refractivity contribution < 1.29 is 27.1 Å². The molecule has 148 valence electrons. The van der Waals surface area contributed by atoms with Crippen molar-refractivity contribution in [3.8, 4) is 0 Å². The van der Waals surface area contributed by atoms with E-state index < -0.39 is 27.7 Å². The maximum Gasteiger partial charge on any atom is 0.272 e. The van der Waals surface area contributed by atoms with E-state index in [0.717, 1.165) is 6.07 Å². The summed E-state index contributed by atoms with van der Waals surface area (Å²) in [6, 6.07) is 10.8. The second kappa shape index (κ2) is 8.46. The molecular formula is C18H18FN3O5S. The van der Waals surface area contributed by atoms with E-state index in [1.54, 1.807) is 0 Å². The molecule has 2 aromatic carbocycles. The number of sulfonamides is 1. The highest BCUT2D eigenvalue weighted by Gasteiger charge is 2.27. The molecule has 1 aliphatic heterocycles. The van der Waals surface area contributed by atoms with Gasteiger partial charge in [0.15, 0.2) is 0 Å². The third-order valence-electron chi connectivity index (χ3n) is 4.11. The molecule has 0 bridgehead atoms. The van der Waals surface area contributed by atoms with Gasteiger partial charge < -0.3 is 4.74 Å². The molecule has 1 saturated heterocycles. The highest BCUT2D eigenvalue weighted by molar-refractivity contribution is 7.89. The summed E-state index contributed by atoms with van der Waals surface area (Å²) in [5.74, 6) is -2.29. The zero-order chi connectivity index (χ0) is 20.1. The van der Waals surface area contributed by atoms with Crippen LogP contribution in [0.3, 0.4) is 0 Å². The van der Waals surface area contributed by atoms with Crippen LogP contribution in [0.4, 0.5) is 4.39 Å². The molecule has 1 heterocycles. The van der Waals surface area contributed by atoms with Crippen LogP contribution in [-0.4, -0.2) is 50.8 Å². The minimum atomic E-state index is -3.76. The Morgan fingerprint density at radius 2 is 1.64 bits per heavy atom. The topological polar surface area (TPSA) is 105 Å². The molecule has 3 rings (SSSR count). The first-order valence-electron chi connectivity index (χ1n) is 8.43. The number of carbonyl (C=O) groups is 2. The Morgan fingerprint density at radius 1 is 0.964 bits per heavy atom. The average Bonchev–Trinajstić information content (AvgIpc) is 2.73. The van der Waals surface area contributed by atoms with Crippen LogP contribution in [0.15, 0.2) is 53.4 Å². The van der Waals surface area contributed by atoms with Crippen LogP contribution in [0.1, 0.15) is 20.7 Å². The van der Waals surface area contributed by atoms with Crippen molar-refractivity contribution >= 4 is 21.8 Å². The number of nitrogens with zero attached hydrogens (tertiary/aromatic N) is 1. The van der Waals surface area contributed by atoms with Crippen molar-refractivity contribution in [2.75, 3.05) is 26.3 Å². The van der Waals surface area contributed by atoms with E-state index in [-0.39, 0.29) is 29.1 Å². The predicted molar refractivity (Wildman–Crippen MR) is 97.4 cm³/mol. The minimum Gasteiger partial charge on any atom is -0.379 e. The number of nitrogens with one attached hydrogen (secondary N) is 2. The molecule has 0 unspecified atom stereocenters. The highest BCUT2D eigenvalue weighted by atomic mass is 32.2. The van der Waals surface area contributed by atoms with E-state index in [4.69, 9.17) is 4.74 Å². The van der Waals surface area contributed by atoms with E-state index in [9.17, 15) is 22.4 Å². The van der Waals surface area contributed by atoms with Crippen molar-refractivity contribution in [1.29, 1.82) is 0 Å². The number of hydrogen-bond donors (Lipinski definition) is 2. The molecule has 2 amide bonds. The molecular weight excluding hydrogens is 389 g/mol. The summed E-state index contributed by atoms with van der Waals surface area (Å²) < 4.78 is 45.4. The van der Waals surface area contributed by atoms with Gasteiger partial charge in [0, 0.05) is 18.7 Å². The van der Waals surface area contributed by atoms with Gasteiger partial charge in [0.2, 0.25) is 10.0 Å². The van der Waals surface area contributed by atoms with Gasteiger partial charge >= 0.3 is 0 Å². The Kier molecular flexibility index (Phi) is 6.02. The molecule has 0 radical (unpaired) electrons.